The number of rotatable bonds is 12. The molecule has 2 heteroatoms. The average molecular weight is 1400 g/mol. The second kappa shape index (κ2) is 25.5. The molecular formula is C108H76N2. The maximum atomic E-state index is 2.46. The molecule has 19 aromatic rings. The standard InChI is InChI=1S/C108H76N2/c1-107(2)103-38-12-11-35-99(103)101-57-52-90(68-105(101)107)110(88-50-56-98-84(65-88)42-40-72-21-7-10-34-93(72)98)87-31-16-26-76(64-87)74-24-14-28-81(60-74)95-37-18-29-82-62-78(46-54-96(82)95)79-47-55-100-102-58-51-89(67-106(102)108(3,4)104(100)66-79)109(85-48-43-69(44-49-85)77-45-53-97-83(61-77)41-39-71-20-6-9-33-92(71)97)86-30-15-25-75(63-86)73-23-13-27-80(59-73)94-36-17-22-70-19-5-8-32-91(70)94/h5-68H,1-4H3. The number of fused-ring (bicyclic) bond motifs is 14. The summed E-state index contributed by atoms with van der Waals surface area (Å²) in [4.78, 5) is 4.91. The summed E-state index contributed by atoms with van der Waals surface area (Å²) in [6, 6.07) is 145. The third kappa shape index (κ3) is 10.8. The van der Waals surface area contributed by atoms with Crippen LogP contribution in [0.2, 0.25) is 0 Å². The molecule has 0 spiro atoms. The Hall–Kier alpha value is -13.7. The molecule has 2 aliphatic rings. The zero-order chi connectivity index (χ0) is 73.3. The lowest BCUT2D eigenvalue weighted by Crippen LogP contribution is -2.16. The molecule has 110 heavy (non-hydrogen) atoms. The zero-order valence-electron chi connectivity index (χ0n) is 61.8. The fraction of sp³-hybridized carbons (Fsp3) is 0.0556. The maximum Gasteiger partial charge on any atom is 0.0468 e. The fourth-order valence-corrected chi connectivity index (χ4v) is 18.5. The Morgan fingerprint density at radius 1 is 0.155 bits per heavy atom. The highest BCUT2D eigenvalue weighted by Gasteiger charge is 2.38. The molecule has 0 amide bonds. The molecule has 2 nitrogen and oxygen atoms in total. The van der Waals surface area contributed by atoms with Gasteiger partial charge >= 0.3 is 0 Å². The second-order valence-electron chi connectivity index (χ2n) is 31.2. The first kappa shape index (κ1) is 64.7. The zero-order valence-corrected chi connectivity index (χ0v) is 61.8. The lowest BCUT2D eigenvalue weighted by Gasteiger charge is -2.29. The van der Waals surface area contributed by atoms with Crippen LogP contribution in [0.25, 0.3) is 154 Å². The van der Waals surface area contributed by atoms with Crippen molar-refractivity contribution < 1.29 is 0 Å². The molecule has 0 bridgehead atoms. The first-order valence-corrected chi connectivity index (χ1v) is 38.5. The van der Waals surface area contributed by atoms with Crippen LogP contribution in [0.4, 0.5) is 34.1 Å². The van der Waals surface area contributed by atoms with Gasteiger partial charge in [-0.05, 0) is 279 Å². The normalized spacial score (nSPS) is 13.1. The van der Waals surface area contributed by atoms with Crippen LogP contribution >= 0.6 is 0 Å². The Labute approximate surface area is 642 Å². The smallest absolute Gasteiger partial charge is 0.0468 e. The van der Waals surface area contributed by atoms with Crippen molar-refractivity contribution in [2.45, 2.75) is 38.5 Å². The van der Waals surface area contributed by atoms with Gasteiger partial charge in [-0.3, -0.25) is 0 Å². The van der Waals surface area contributed by atoms with E-state index in [1.165, 1.54) is 165 Å². The minimum Gasteiger partial charge on any atom is -0.310 e. The van der Waals surface area contributed by atoms with Crippen molar-refractivity contribution in [1.29, 1.82) is 0 Å². The summed E-state index contributed by atoms with van der Waals surface area (Å²) in [5.74, 6) is 0. The topological polar surface area (TPSA) is 6.48 Å². The van der Waals surface area contributed by atoms with E-state index in [1.807, 2.05) is 0 Å². The lowest BCUT2D eigenvalue weighted by atomic mass is 9.81. The van der Waals surface area contributed by atoms with Crippen molar-refractivity contribution >= 4 is 98.8 Å². The summed E-state index contributed by atoms with van der Waals surface area (Å²) >= 11 is 0. The van der Waals surface area contributed by atoms with Crippen molar-refractivity contribution in [3.63, 3.8) is 0 Å². The van der Waals surface area contributed by atoms with Gasteiger partial charge in [-0.25, -0.2) is 0 Å². The summed E-state index contributed by atoms with van der Waals surface area (Å²) in [7, 11) is 0. The Morgan fingerprint density at radius 3 is 1.07 bits per heavy atom. The fourth-order valence-electron chi connectivity index (χ4n) is 18.5. The molecule has 0 saturated carbocycles. The molecule has 0 N–H and O–H groups in total. The molecular weight excluding hydrogens is 1330 g/mol. The molecule has 0 aliphatic heterocycles. The van der Waals surface area contributed by atoms with Gasteiger partial charge in [-0.2, -0.15) is 0 Å². The summed E-state index contributed by atoms with van der Waals surface area (Å²) in [6.07, 6.45) is 0. The van der Waals surface area contributed by atoms with Gasteiger partial charge in [0.2, 0.25) is 0 Å². The maximum absolute atomic E-state index is 2.46. The van der Waals surface area contributed by atoms with Gasteiger partial charge in [-0.15, -0.1) is 0 Å². The summed E-state index contributed by atoms with van der Waals surface area (Å²) in [6.45, 7) is 9.56. The largest absolute Gasteiger partial charge is 0.310 e. The quantitative estimate of drug-likeness (QED) is 0.113. The van der Waals surface area contributed by atoms with E-state index in [2.05, 4.69) is 426 Å². The van der Waals surface area contributed by atoms with Crippen LogP contribution < -0.4 is 9.80 Å². The van der Waals surface area contributed by atoms with Crippen molar-refractivity contribution in [3.8, 4) is 89.0 Å². The van der Waals surface area contributed by atoms with Crippen LogP contribution in [-0.2, 0) is 10.8 Å². The second-order valence-corrected chi connectivity index (χ2v) is 31.2. The van der Waals surface area contributed by atoms with Gasteiger partial charge in [-0.1, -0.05) is 313 Å². The van der Waals surface area contributed by atoms with Crippen LogP contribution in [0.5, 0.6) is 0 Å². The Kier molecular flexibility index (Phi) is 15.0. The Bertz CT molecular complexity index is 6980. The molecule has 0 heterocycles. The van der Waals surface area contributed by atoms with Crippen molar-refractivity contribution in [2.75, 3.05) is 9.80 Å². The van der Waals surface area contributed by atoms with E-state index >= 15 is 0 Å². The highest BCUT2D eigenvalue weighted by atomic mass is 15.1. The van der Waals surface area contributed by atoms with Crippen LogP contribution in [0.3, 0.4) is 0 Å². The van der Waals surface area contributed by atoms with Crippen LogP contribution in [0.15, 0.2) is 388 Å². The SMILES string of the molecule is CC1(C)c2ccccc2-c2ccc(N(c3cccc(-c4cccc(-c5cccc6cc(-c7ccc8c(c7)C(C)(C)c7cc(N(c9ccc(-c%10ccc%11c(ccc%12ccccc%12%11)c%10)cc9)c9cccc(-c%10cccc(-c%11cccc%12ccccc%11%12)c%10)c9)ccc7-8)ccc56)c4)c3)c3ccc4c(ccc5ccccc54)c3)cc21. The number of hydrogen-bond acceptors (Lipinski definition) is 2. The third-order valence-corrected chi connectivity index (χ3v) is 24.2. The number of nitrogens with zero attached hydrogens (tertiary/aromatic N) is 2. The van der Waals surface area contributed by atoms with Gasteiger partial charge in [0.15, 0.2) is 0 Å². The molecule has 0 aromatic heterocycles. The predicted octanol–water partition coefficient (Wildman–Crippen LogP) is 30.2. The van der Waals surface area contributed by atoms with E-state index in [9.17, 15) is 0 Å². The molecule has 0 fully saturated rings. The first-order chi connectivity index (χ1) is 54.0. The van der Waals surface area contributed by atoms with Crippen molar-refractivity contribution in [3.05, 3.63) is 411 Å². The van der Waals surface area contributed by atoms with Gasteiger partial charge in [0.25, 0.3) is 0 Å². The van der Waals surface area contributed by atoms with Gasteiger partial charge in [0, 0.05) is 45.0 Å². The summed E-state index contributed by atoms with van der Waals surface area (Å²) < 4.78 is 0. The van der Waals surface area contributed by atoms with E-state index < -0.39 is 0 Å². The number of hydrogen-bond donors (Lipinski definition) is 0. The molecule has 19 aromatic carbocycles. The summed E-state index contributed by atoms with van der Waals surface area (Å²) in [5.41, 5.74) is 31.0. The van der Waals surface area contributed by atoms with Crippen molar-refractivity contribution in [1.82, 2.24) is 0 Å². The number of anilines is 6. The molecule has 21 rings (SSSR count). The Morgan fingerprint density at radius 2 is 0.464 bits per heavy atom. The number of benzene rings is 19. The lowest BCUT2D eigenvalue weighted by molar-refractivity contribution is 0.660. The molecule has 0 radical (unpaired) electrons. The average Bonchev–Trinajstić information content (AvgIpc) is 1.58. The van der Waals surface area contributed by atoms with Gasteiger partial charge in [0.1, 0.15) is 0 Å². The van der Waals surface area contributed by atoms with Crippen molar-refractivity contribution in [2.24, 2.45) is 0 Å². The molecule has 0 atom stereocenters. The van der Waals surface area contributed by atoms with Gasteiger partial charge < -0.3 is 9.80 Å². The van der Waals surface area contributed by atoms with E-state index in [0.717, 1.165) is 45.3 Å². The third-order valence-electron chi connectivity index (χ3n) is 24.2. The van der Waals surface area contributed by atoms with E-state index in [0.29, 0.717) is 0 Å². The predicted molar refractivity (Wildman–Crippen MR) is 469 cm³/mol. The Balaban J connectivity index is 0.600. The monoisotopic (exact) mass is 1400 g/mol. The van der Waals surface area contributed by atoms with Crippen LogP contribution in [0.1, 0.15) is 49.9 Å². The van der Waals surface area contributed by atoms with Gasteiger partial charge in [0.05, 0.1) is 0 Å². The van der Waals surface area contributed by atoms with Crippen LogP contribution in [-0.4, -0.2) is 0 Å². The highest BCUT2D eigenvalue weighted by Crippen LogP contribution is 2.54. The molecule has 518 valence electrons. The van der Waals surface area contributed by atoms with E-state index in [-0.39, 0.29) is 10.8 Å². The van der Waals surface area contributed by atoms with E-state index in [1.54, 1.807) is 0 Å². The molecule has 0 saturated heterocycles. The first-order valence-electron chi connectivity index (χ1n) is 38.5. The minimum absolute atomic E-state index is 0.148. The minimum atomic E-state index is -0.303. The molecule has 2 aliphatic carbocycles. The highest BCUT2D eigenvalue weighted by molar-refractivity contribution is 6.10. The van der Waals surface area contributed by atoms with Crippen LogP contribution in [0, 0.1) is 0 Å². The van der Waals surface area contributed by atoms with E-state index in [4.69, 9.17) is 0 Å². The summed E-state index contributed by atoms with van der Waals surface area (Å²) in [5, 5.41) is 15.0. The molecule has 0 unspecified atom stereocenters.